The van der Waals surface area contributed by atoms with Gasteiger partial charge in [-0.15, -0.1) is 0 Å². The second kappa shape index (κ2) is 6.02. The lowest BCUT2D eigenvalue weighted by Crippen LogP contribution is -2.30. The fourth-order valence-corrected chi connectivity index (χ4v) is 1.86. The zero-order valence-corrected chi connectivity index (χ0v) is 11.4. The van der Waals surface area contributed by atoms with Crippen molar-refractivity contribution in [2.45, 2.75) is 6.04 Å². The molecule has 1 aromatic heterocycles. The molecule has 0 saturated heterocycles. The first-order chi connectivity index (χ1) is 9.51. The van der Waals surface area contributed by atoms with Crippen LogP contribution < -0.4 is 5.32 Å². The molecular formula is C13H13ClFN3O2. The number of carbonyl (C=O) groups excluding carboxylic acids is 1. The number of aryl methyl sites for hydroxylation is 1. The number of hydrogen-bond acceptors (Lipinski definition) is 3. The quantitative estimate of drug-likeness (QED) is 0.902. The van der Waals surface area contributed by atoms with E-state index in [2.05, 4.69) is 10.4 Å². The Morgan fingerprint density at radius 2 is 2.35 bits per heavy atom. The second-order valence-corrected chi connectivity index (χ2v) is 4.69. The summed E-state index contributed by atoms with van der Waals surface area (Å²) in [5.41, 5.74) is 0.798. The molecule has 1 atom stereocenters. The third-order valence-electron chi connectivity index (χ3n) is 2.80. The van der Waals surface area contributed by atoms with Gasteiger partial charge in [0.05, 0.1) is 29.4 Å². The molecule has 0 fully saturated rings. The summed E-state index contributed by atoms with van der Waals surface area (Å²) in [5.74, 6) is -0.995. The number of amides is 1. The SMILES string of the molecule is Cn1cc(C(=O)NC(CO)c2ccc(Cl)c(F)c2)cn1. The summed E-state index contributed by atoms with van der Waals surface area (Å²) < 4.78 is 14.9. The number of carbonyl (C=O) groups is 1. The Morgan fingerprint density at radius 3 is 2.90 bits per heavy atom. The summed E-state index contributed by atoms with van der Waals surface area (Å²) in [6.07, 6.45) is 2.96. The number of benzene rings is 1. The third-order valence-corrected chi connectivity index (χ3v) is 3.11. The highest BCUT2D eigenvalue weighted by atomic mass is 35.5. The van der Waals surface area contributed by atoms with Gasteiger partial charge in [0.15, 0.2) is 0 Å². The van der Waals surface area contributed by atoms with Crippen molar-refractivity contribution in [1.29, 1.82) is 0 Å². The summed E-state index contributed by atoms with van der Waals surface area (Å²) in [6.45, 7) is -0.354. The lowest BCUT2D eigenvalue weighted by atomic mass is 10.1. The first-order valence-corrected chi connectivity index (χ1v) is 6.24. The van der Waals surface area contributed by atoms with Crippen molar-refractivity contribution in [3.63, 3.8) is 0 Å². The van der Waals surface area contributed by atoms with Crippen LogP contribution in [0.3, 0.4) is 0 Å². The van der Waals surface area contributed by atoms with E-state index in [1.54, 1.807) is 19.3 Å². The lowest BCUT2D eigenvalue weighted by Gasteiger charge is -2.16. The van der Waals surface area contributed by atoms with E-state index in [4.69, 9.17) is 11.6 Å². The van der Waals surface area contributed by atoms with Gasteiger partial charge >= 0.3 is 0 Å². The summed E-state index contributed by atoms with van der Waals surface area (Å²) in [6, 6.07) is 3.41. The standard InChI is InChI=1S/C13H13ClFN3O2/c1-18-6-9(5-16-18)13(20)17-12(7-19)8-2-3-10(14)11(15)4-8/h2-6,12,19H,7H2,1H3,(H,17,20). The van der Waals surface area contributed by atoms with E-state index < -0.39 is 17.8 Å². The Morgan fingerprint density at radius 1 is 1.60 bits per heavy atom. The lowest BCUT2D eigenvalue weighted by molar-refractivity contribution is 0.0916. The fraction of sp³-hybridized carbons (Fsp3) is 0.231. The Labute approximate surface area is 120 Å². The Kier molecular flexibility index (Phi) is 4.36. The van der Waals surface area contributed by atoms with Gasteiger partial charge in [0.25, 0.3) is 5.91 Å². The summed E-state index contributed by atoms with van der Waals surface area (Å²) >= 11 is 5.60. The molecule has 2 rings (SSSR count). The van der Waals surface area contributed by atoms with E-state index in [1.165, 1.54) is 23.0 Å². The summed E-state index contributed by atoms with van der Waals surface area (Å²) in [7, 11) is 1.69. The molecule has 1 amide bonds. The highest BCUT2D eigenvalue weighted by Crippen LogP contribution is 2.20. The van der Waals surface area contributed by atoms with E-state index >= 15 is 0 Å². The molecule has 1 unspecified atom stereocenters. The van der Waals surface area contributed by atoms with E-state index in [9.17, 15) is 14.3 Å². The number of nitrogens with one attached hydrogen (secondary N) is 1. The number of halogens is 2. The zero-order chi connectivity index (χ0) is 14.7. The van der Waals surface area contributed by atoms with Gasteiger partial charge in [-0.1, -0.05) is 17.7 Å². The van der Waals surface area contributed by atoms with Crippen molar-refractivity contribution in [3.8, 4) is 0 Å². The van der Waals surface area contributed by atoms with Crippen molar-refractivity contribution in [2.75, 3.05) is 6.61 Å². The molecule has 0 radical (unpaired) electrons. The van der Waals surface area contributed by atoms with Gasteiger partial charge in [0.2, 0.25) is 0 Å². The third kappa shape index (κ3) is 3.15. The molecule has 1 heterocycles. The van der Waals surface area contributed by atoms with Gasteiger partial charge in [-0.3, -0.25) is 9.48 Å². The van der Waals surface area contributed by atoms with Crippen LogP contribution in [0.5, 0.6) is 0 Å². The van der Waals surface area contributed by atoms with Crippen LogP contribution in [0.2, 0.25) is 5.02 Å². The molecule has 1 aromatic carbocycles. The zero-order valence-electron chi connectivity index (χ0n) is 10.7. The second-order valence-electron chi connectivity index (χ2n) is 4.28. The van der Waals surface area contributed by atoms with Gasteiger partial charge in [-0.25, -0.2) is 4.39 Å². The average Bonchev–Trinajstić information content (AvgIpc) is 2.86. The highest BCUT2D eigenvalue weighted by molar-refractivity contribution is 6.30. The Hall–Kier alpha value is -1.92. The topological polar surface area (TPSA) is 67.2 Å². The molecular weight excluding hydrogens is 285 g/mol. The number of aliphatic hydroxyl groups is 1. The van der Waals surface area contributed by atoms with E-state index in [-0.39, 0.29) is 11.6 Å². The summed E-state index contributed by atoms with van der Waals surface area (Å²) in [4.78, 5) is 12.0. The molecule has 0 aliphatic heterocycles. The summed E-state index contributed by atoms with van der Waals surface area (Å²) in [5, 5.41) is 15.8. The van der Waals surface area contributed by atoms with Crippen LogP contribution in [-0.2, 0) is 7.05 Å². The minimum atomic E-state index is -0.713. The van der Waals surface area contributed by atoms with Crippen LogP contribution in [0.4, 0.5) is 4.39 Å². The molecule has 2 aromatic rings. The van der Waals surface area contributed by atoms with Crippen molar-refractivity contribution in [1.82, 2.24) is 15.1 Å². The molecule has 0 bridgehead atoms. The van der Waals surface area contributed by atoms with Gasteiger partial charge in [-0.2, -0.15) is 5.10 Å². The molecule has 20 heavy (non-hydrogen) atoms. The number of hydrogen-bond donors (Lipinski definition) is 2. The van der Waals surface area contributed by atoms with Gasteiger partial charge < -0.3 is 10.4 Å². The minimum Gasteiger partial charge on any atom is -0.394 e. The van der Waals surface area contributed by atoms with Crippen molar-refractivity contribution < 1.29 is 14.3 Å². The first-order valence-electron chi connectivity index (χ1n) is 5.86. The first kappa shape index (κ1) is 14.5. The number of aliphatic hydroxyl groups excluding tert-OH is 1. The van der Waals surface area contributed by atoms with Crippen LogP contribution in [0.25, 0.3) is 0 Å². The van der Waals surface area contributed by atoms with E-state index in [0.29, 0.717) is 11.1 Å². The van der Waals surface area contributed by atoms with E-state index in [1.807, 2.05) is 0 Å². The molecule has 7 heteroatoms. The molecule has 0 spiro atoms. The van der Waals surface area contributed by atoms with Crippen molar-refractivity contribution >= 4 is 17.5 Å². The maximum absolute atomic E-state index is 13.4. The Bertz CT molecular complexity index is 630. The Balaban J connectivity index is 2.16. The van der Waals surface area contributed by atoms with Gasteiger partial charge in [-0.05, 0) is 17.7 Å². The highest BCUT2D eigenvalue weighted by Gasteiger charge is 2.17. The van der Waals surface area contributed by atoms with Crippen LogP contribution in [0.1, 0.15) is 22.0 Å². The van der Waals surface area contributed by atoms with Crippen LogP contribution >= 0.6 is 11.6 Å². The van der Waals surface area contributed by atoms with E-state index in [0.717, 1.165) is 0 Å². The predicted octanol–water partition coefficient (Wildman–Crippen LogP) is 1.68. The smallest absolute Gasteiger partial charge is 0.255 e. The average molecular weight is 298 g/mol. The van der Waals surface area contributed by atoms with Gasteiger partial charge in [0, 0.05) is 13.2 Å². The molecule has 0 aliphatic rings. The molecule has 0 saturated carbocycles. The van der Waals surface area contributed by atoms with Gasteiger partial charge in [0.1, 0.15) is 5.82 Å². The largest absolute Gasteiger partial charge is 0.394 e. The normalized spacial score (nSPS) is 12.2. The van der Waals surface area contributed by atoms with Crippen LogP contribution in [-0.4, -0.2) is 27.4 Å². The molecule has 106 valence electrons. The number of aromatic nitrogens is 2. The van der Waals surface area contributed by atoms with Crippen LogP contribution in [0, 0.1) is 5.82 Å². The molecule has 5 nitrogen and oxygen atoms in total. The van der Waals surface area contributed by atoms with Crippen molar-refractivity contribution in [2.24, 2.45) is 7.05 Å². The number of rotatable bonds is 4. The minimum absolute atomic E-state index is 0.0102. The maximum atomic E-state index is 13.4. The van der Waals surface area contributed by atoms with Crippen molar-refractivity contribution in [3.05, 3.63) is 52.6 Å². The monoisotopic (exact) mass is 297 g/mol. The predicted molar refractivity (Wildman–Crippen MR) is 71.9 cm³/mol. The maximum Gasteiger partial charge on any atom is 0.255 e. The number of nitrogens with zero attached hydrogens (tertiary/aromatic N) is 2. The fourth-order valence-electron chi connectivity index (χ4n) is 1.74. The molecule has 2 N–H and O–H groups in total. The van der Waals surface area contributed by atoms with Crippen LogP contribution in [0.15, 0.2) is 30.6 Å². The molecule has 0 aliphatic carbocycles.